The molecule has 4 N–H and O–H groups in total. The number of fused-ring (bicyclic) bond motifs is 2. The normalized spacial score (nSPS) is 27.8. The average Bonchev–Trinajstić information content (AvgIpc) is 2.86. The van der Waals surface area contributed by atoms with Crippen LogP contribution in [0, 0.1) is 0 Å². The van der Waals surface area contributed by atoms with Crippen molar-refractivity contribution < 1.29 is 9.59 Å². The van der Waals surface area contributed by atoms with E-state index in [0.29, 0.717) is 18.0 Å². The van der Waals surface area contributed by atoms with Gasteiger partial charge < -0.3 is 16.4 Å². The van der Waals surface area contributed by atoms with Gasteiger partial charge in [-0.15, -0.1) is 12.4 Å². The predicted molar refractivity (Wildman–Crippen MR) is 74.6 cm³/mol. The maximum Gasteiger partial charge on any atom is 0.236 e. The smallest absolute Gasteiger partial charge is 0.236 e. The number of rotatable bonds is 1. The summed E-state index contributed by atoms with van der Waals surface area (Å²) in [6.07, 6.45) is 0.376. The Hall–Kier alpha value is -1.30. The lowest BCUT2D eigenvalue weighted by molar-refractivity contribution is -0.120. The van der Waals surface area contributed by atoms with Crippen LogP contribution in [0.3, 0.4) is 0 Å². The van der Waals surface area contributed by atoms with E-state index in [-0.39, 0.29) is 18.3 Å². The topological polar surface area (TPSA) is 84.2 Å². The van der Waals surface area contributed by atoms with Crippen molar-refractivity contribution in [2.45, 2.75) is 17.9 Å². The van der Waals surface area contributed by atoms with Crippen molar-refractivity contribution in [3.63, 3.8) is 0 Å². The van der Waals surface area contributed by atoms with Crippen molar-refractivity contribution in [2.75, 3.05) is 11.9 Å². The van der Waals surface area contributed by atoms with Gasteiger partial charge in [-0.25, -0.2) is 0 Å². The van der Waals surface area contributed by atoms with E-state index in [0.717, 1.165) is 11.3 Å². The molecule has 0 aliphatic carbocycles. The number of nitrogens with one attached hydrogen (secondary N) is 2. The monoisotopic (exact) mass is 301 g/mol. The number of amides is 2. The van der Waals surface area contributed by atoms with Crippen LogP contribution in [0.5, 0.6) is 0 Å². The number of hydrogen-bond acceptors (Lipinski definition) is 3. The summed E-state index contributed by atoms with van der Waals surface area (Å²) < 4.78 is 0. The molecule has 5 nitrogen and oxygen atoms in total. The van der Waals surface area contributed by atoms with E-state index < -0.39 is 17.4 Å². The lowest BCUT2D eigenvalue weighted by atomic mass is 9.79. The Morgan fingerprint density at radius 3 is 2.84 bits per heavy atom. The van der Waals surface area contributed by atoms with Crippen molar-refractivity contribution in [1.29, 1.82) is 0 Å². The van der Waals surface area contributed by atoms with Crippen LogP contribution in [0.15, 0.2) is 18.2 Å². The summed E-state index contributed by atoms with van der Waals surface area (Å²) >= 11 is 5.98. The van der Waals surface area contributed by atoms with Crippen molar-refractivity contribution in [3.8, 4) is 0 Å². The molecule has 102 valence electrons. The molecule has 3 rings (SSSR count). The largest absolute Gasteiger partial charge is 0.368 e. The first kappa shape index (κ1) is 14.1. The van der Waals surface area contributed by atoms with Gasteiger partial charge in [0.05, 0.1) is 11.5 Å². The molecule has 2 heterocycles. The van der Waals surface area contributed by atoms with Gasteiger partial charge >= 0.3 is 0 Å². The van der Waals surface area contributed by atoms with Crippen LogP contribution in [-0.2, 0) is 15.0 Å². The molecule has 2 aliphatic heterocycles. The molecule has 19 heavy (non-hydrogen) atoms. The highest BCUT2D eigenvalue weighted by molar-refractivity contribution is 6.31. The lowest BCUT2D eigenvalue weighted by Gasteiger charge is -2.20. The number of halogens is 2. The van der Waals surface area contributed by atoms with Gasteiger partial charge in [0.2, 0.25) is 11.8 Å². The number of benzene rings is 1. The summed E-state index contributed by atoms with van der Waals surface area (Å²) in [6, 6.07) is 4.82. The van der Waals surface area contributed by atoms with Crippen LogP contribution in [0.4, 0.5) is 5.69 Å². The summed E-state index contributed by atoms with van der Waals surface area (Å²) in [7, 11) is 0. The van der Waals surface area contributed by atoms with Gasteiger partial charge in [0.1, 0.15) is 0 Å². The molecule has 0 unspecified atom stereocenters. The van der Waals surface area contributed by atoms with E-state index in [9.17, 15) is 9.59 Å². The molecular weight excluding hydrogens is 289 g/mol. The van der Waals surface area contributed by atoms with Gasteiger partial charge in [-0.05, 0) is 30.2 Å². The molecule has 0 aromatic heterocycles. The first-order valence-electron chi connectivity index (χ1n) is 5.67. The van der Waals surface area contributed by atoms with Crippen LogP contribution in [-0.4, -0.2) is 24.4 Å². The summed E-state index contributed by atoms with van der Waals surface area (Å²) in [5.74, 6) is -0.536. The van der Waals surface area contributed by atoms with Crippen molar-refractivity contribution in [1.82, 2.24) is 5.32 Å². The van der Waals surface area contributed by atoms with E-state index in [1.54, 1.807) is 18.2 Å². The maximum atomic E-state index is 12.2. The molecule has 0 saturated carbocycles. The highest BCUT2D eigenvalue weighted by atomic mass is 35.5. The first-order valence-corrected chi connectivity index (χ1v) is 6.05. The second-order valence-corrected chi connectivity index (χ2v) is 5.20. The minimum absolute atomic E-state index is 0. The number of hydrogen-bond donors (Lipinski definition) is 3. The predicted octanol–water partition coefficient (Wildman–Crippen LogP) is 0.799. The van der Waals surface area contributed by atoms with E-state index in [1.807, 2.05) is 0 Å². The molecule has 0 radical (unpaired) electrons. The van der Waals surface area contributed by atoms with Crippen molar-refractivity contribution in [2.24, 2.45) is 5.73 Å². The summed E-state index contributed by atoms with van der Waals surface area (Å²) in [6.45, 7) is 0.403. The Kier molecular flexibility index (Phi) is 3.47. The molecule has 1 spiro atoms. The van der Waals surface area contributed by atoms with Crippen LogP contribution in [0.25, 0.3) is 0 Å². The standard InChI is InChI=1S/C12H12ClN3O2.ClH/c13-6-1-2-8-7(3-6)12(11(18)16-8)4-9(10(14)17)15-5-12;/h1-3,9,15H,4-5H2,(H2,14,17)(H,16,18);1H/t9-,12-;/m0./s1. The van der Waals surface area contributed by atoms with E-state index in [2.05, 4.69) is 10.6 Å². The number of carbonyl (C=O) groups excluding carboxylic acids is 2. The third-order valence-corrected chi connectivity index (χ3v) is 3.96. The first-order chi connectivity index (χ1) is 8.53. The fourth-order valence-corrected chi connectivity index (χ4v) is 2.93. The second kappa shape index (κ2) is 4.67. The summed E-state index contributed by atoms with van der Waals surface area (Å²) in [5, 5.41) is 6.40. The molecule has 1 fully saturated rings. The average molecular weight is 302 g/mol. The molecule has 2 aliphatic rings. The Morgan fingerprint density at radius 1 is 1.47 bits per heavy atom. The van der Waals surface area contributed by atoms with E-state index in [4.69, 9.17) is 17.3 Å². The van der Waals surface area contributed by atoms with Gasteiger partial charge in [-0.2, -0.15) is 0 Å². The minimum Gasteiger partial charge on any atom is -0.368 e. The molecule has 7 heteroatoms. The summed E-state index contributed by atoms with van der Waals surface area (Å²) in [4.78, 5) is 23.4. The minimum atomic E-state index is -0.722. The molecule has 2 amide bonds. The molecule has 0 bridgehead atoms. The van der Waals surface area contributed by atoms with Crippen LogP contribution in [0.1, 0.15) is 12.0 Å². The fraction of sp³-hybridized carbons (Fsp3) is 0.333. The van der Waals surface area contributed by atoms with Gasteiger partial charge in [0.25, 0.3) is 0 Å². The van der Waals surface area contributed by atoms with Crippen LogP contribution >= 0.6 is 24.0 Å². The third-order valence-electron chi connectivity index (χ3n) is 3.73. The Morgan fingerprint density at radius 2 is 2.21 bits per heavy atom. The fourth-order valence-electron chi connectivity index (χ4n) is 2.76. The zero-order chi connectivity index (χ0) is 12.9. The van der Waals surface area contributed by atoms with E-state index >= 15 is 0 Å². The van der Waals surface area contributed by atoms with Crippen molar-refractivity contribution in [3.05, 3.63) is 28.8 Å². The highest BCUT2D eigenvalue weighted by Gasteiger charge is 2.52. The van der Waals surface area contributed by atoms with Gasteiger partial charge in [0.15, 0.2) is 0 Å². The number of primary amides is 1. The maximum absolute atomic E-state index is 12.2. The highest BCUT2D eigenvalue weighted by Crippen LogP contribution is 2.44. The Labute approximate surface area is 121 Å². The molecule has 1 saturated heterocycles. The van der Waals surface area contributed by atoms with Gasteiger partial charge in [-0.3, -0.25) is 9.59 Å². The molecular formula is C12H13Cl2N3O2. The number of carbonyl (C=O) groups is 2. The zero-order valence-electron chi connectivity index (χ0n) is 9.90. The van der Waals surface area contributed by atoms with Gasteiger partial charge in [0, 0.05) is 17.3 Å². The Bertz CT molecular complexity index is 564. The lowest BCUT2D eigenvalue weighted by Crippen LogP contribution is -2.36. The SMILES string of the molecule is Cl.NC(=O)[C@@H]1C[C@@]2(CN1)C(=O)Nc1ccc(Cl)cc12. The van der Waals surface area contributed by atoms with Crippen molar-refractivity contribution >= 4 is 41.5 Å². The summed E-state index contributed by atoms with van der Waals surface area (Å²) in [5.41, 5.74) is 6.17. The molecule has 2 atom stereocenters. The number of nitrogens with two attached hydrogens (primary N) is 1. The van der Waals surface area contributed by atoms with Crippen LogP contribution < -0.4 is 16.4 Å². The Balaban J connectivity index is 0.00000133. The quantitative estimate of drug-likeness (QED) is 0.717. The number of anilines is 1. The van der Waals surface area contributed by atoms with Crippen LogP contribution in [0.2, 0.25) is 5.02 Å². The van der Waals surface area contributed by atoms with E-state index in [1.165, 1.54) is 0 Å². The zero-order valence-corrected chi connectivity index (χ0v) is 11.5. The second-order valence-electron chi connectivity index (χ2n) is 4.77. The molecule has 1 aromatic rings. The third kappa shape index (κ3) is 1.98. The molecule has 1 aromatic carbocycles. The van der Waals surface area contributed by atoms with Gasteiger partial charge in [-0.1, -0.05) is 11.6 Å².